The van der Waals surface area contributed by atoms with E-state index in [1.165, 1.54) is 0 Å². The van der Waals surface area contributed by atoms with Gasteiger partial charge in [0.05, 0.1) is 0 Å². The number of hydrogen-bond acceptors (Lipinski definition) is 0. The zero-order valence-corrected chi connectivity index (χ0v) is 22.5. The van der Waals surface area contributed by atoms with Crippen LogP contribution in [0.1, 0.15) is 99.3 Å². The molecule has 0 aromatic heterocycles. The fourth-order valence-electron chi connectivity index (χ4n) is 10.8. The molecule has 176 valence electrons. The Morgan fingerprint density at radius 3 is 1.00 bits per heavy atom. The number of fused-ring (bicyclic) bond motifs is 6. The van der Waals surface area contributed by atoms with Crippen molar-refractivity contribution in [2.75, 3.05) is 18.5 Å². The molecule has 9 fully saturated rings. The SMILES string of the molecule is CC1(C)C2CCC(CP(CC3CCC4CC3C4(C)C)CC3CCC4CC3C4(C)C)C1C2. The minimum atomic E-state index is 0.240. The first kappa shape index (κ1) is 21.9. The van der Waals surface area contributed by atoms with E-state index in [1.807, 2.05) is 0 Å². The van der Waals surface area contributed by atoms with Crippen molar-refractivity contribution in [1.82, 2.24) is 0 Å². The summed E-state index contributed by atoms with van der Waals surface area (Å²) in [5.74, 6) is 9.67. The molecule has 0 saturated heterocycles. The Morgan fingerprint density at radius 1 is 0.484 bits per heavy atom. The van der Waals surface area contributed by atoms with Gasteiger partial charge in [-0.25, -0.2) is 0 Å². The molecule has 0 nitrogen and oxygen atoms in total. The van der Waals surface area contributed by atoms with Crippen molar-refractivity contribution in [3.8, 4) is 0 Å². The molecule has 0 N–H and O–H groups in total. The Balaban J connectivity index is 1.18. The first-order chi connectivity index (χ1) is 14.6. The van der Waals surface area contributed by atoms with Gasteiger partial charge in [-0.05, 0) is 146 Å². The molecule has 0 amide bonds. The molecular weight excluding hydrogens is 391 g/mol. The quantitative estimate of drug-likeness (QED) is 0.361. The lowest BCUT2D eigenvalue weighted by atomic mass is 9.46. The highest BCUT2D eigenvalue weighted by molar-refractivity contribution is 7.57. The van der Waals surface area contributed by atoms with E-state index in [-0.39, 0.29) is 7.92 Å². The molecule has 1 heteroatoms. The van der Waals surface area contributed by atoms with Gasteiger partial charge in [0.2, 0.25) is 0 Å². The van der Waals surface area contributed by atoms with Gasteiger partial charge in [-0.2, -0.15) is 0 Å². The van der Waals surface area contributed by atoms with Crippen LogP contribution in [0.3, 0.4) is 0 Å². The lowest BCUT2D eigenvalue weighted by molar-refractivity contribution is -0.101. The minimum Gasteiger partial charge on any atom is -0.106 e. The van der Waals surface area contributed by atoms with E-state index in [4.69, 9.17) is 0 Å². The minimum absolute atomic E-state index is 0.240. The van der Waals surface area contributed by atoms with Crippen molar-refractivity contribution in [2.24, 2.45) is 69.5 Å². The molecule has 0 aromatic rings. The summed E-state index contributed by atoms with van der Waals surface area (Å²) in [4.78, 5) is 0. The van der Waals surface area contributed by atoms with Crippen molar-refractivity contribution in [1.29, 1.82) is 0 Å². The second-order valence-electron chi connectivity index (χ2n) is 15.3. The third-order valence-corrected chi connectivity index (χ3v) is 16.4. The van der Waals surface area contributed by atoms with Gasteiger partial charge < -0.3 is 0 Å². The van der Waals surface area contributed by atoms with Gasteiger partial charge in [-0.15, -0.1) is 7.92 Å². The predicted octanol–water partition coefficient (Wildman–Crippen LogP) is 8.69. The summed E-state index contributed by atoms with van der Waals surface area (Å²) in [5, 5.41) is 0. The number of rotatable bonds is 6. The normalized spacial score (nSPS) is 51.1. The predicted molar refractivity (Wildman–Crippen MR) is 136 cm³/mol. The van der Waals surface area contributed by atoms with Crippen molar-refractivity contribution in [3.63, 3.8) is 0 Å². The molecule has 9 atom stereocenters. The van der Waals surface area contributed by atoms with Crippen LogP contribution >= 0.6 is 7.92 Å². The smallest absolute Gasteiger partial charge is 0.0294 e. The first-order valence-corrected chi connectivity index (χ1v) is 16.2. The monoisotopic (exact) mass is 442 g/mol. The Kier molecular flexibility index (Phi) is 5.11. The molecule has 0 aliphatic heterocycles. The zero-order chi connectivity index (χ0) is 21.8. The van der Waals surface area contributed by atoms with E-state index in [1.54, 1.807) is 76.3 Å². The van der Waals surface area contributed by atoms with E-state index in [9.17, 15) is 0 Å². The van der Waals surface area contributed by atoms with Gasteiger partial charge in [0.15, 0.2) is 0 Å². The Bertz CT molecular complexity index is 602. The van der Waals surface area contributed by atoms with E-state index in [0.29, 0.717) is 16.2 Å². The summed E-state index contributed by atoms with van der Waals surface area (Å²) in [5.41, 5.74) is 2.02. The highest BCUT2D eigenvalue weighted by Crippen LogP contribution is 2.68. The molecule has 9 rings (SSSR count). The van der Waals surface area contributed by atoms with Crippen LogP contribution in [0.4, 0.5) is 0 Å². The van der Waals surface area contributed by atoms with Gasteiger partial charge in [0, 0.05) is 0 Å². The molecule has 0 radical (unpaired) electrons. The van der Waals surface area contributed by atoms with Crippen LogP contribution in [-0.4, -0.2) is 18.5 Å². The van der Waals surface area contributed by atoms with Crippen LogP contribution in [0.25, 0.3) is 0 Å². The van der Waals surface area contributed by atoms with Gasteiger partial charge in [0.1, 0.15) is 0 Å². The summed E-state index contributed by atoms with van der Waals surface area (Å²) in [6, 6.07) is 0. The molecular formula is C30H51P. The lowest BCUT2D eigenvalue weighted by Gasteiger charge is -2.63. The summed E-state index contributed by atoms with van der Waals surface area (Å²) in [6.45, 7) is 15.7. The van der Waals surface area contributed by atoms with Crippen LogP contribution < -0.4 is 0 Å². The van der Waals surface area contributed by atoms with Crippen LogP contribution in [0.5, 0.6) is 0 Å². The van der Waals surface area contributed by atoms with Gasteiger partial charge in [-0.1, -0.05) is 41.5 Å². The van der Waals surface area contributed by atoms with Crippen molar-refractivity contribution < 1.29 is 0 Å². The molecule has 0 spiro atoms. The van der Waals surface area contributed by atoms with Crippen LogP contribution in [0.2, 0.25) is 0 Å². The molecule has 9 saturated carbocycles. The Morgan fingerprint density at radius 2 is 0.774 bits per heavy atom. The number of hydrogen-bond donors (Lipinski definition) is 0. The molecule has 6 bridgehead atoms. The fourth-order valence-corrected chi connectivity index (χ4v) is 14.5. The zero-order valence-electron chi connectivity index (χ0n) is 21.6. The fraction of sp³-hybridized carbons (Fsp3) is 1.00. The van der Waals surface area contributed by atoms with Gasteiger partial charge in [-0.3, -0.25) is 0 Å². The van der Waals surface area contributed by atoms with E-state index < -0.39 is 0 Å². The summed E-state index contributed by atoms with van der Waals surface area (Å²) < 4.78 is 0. The molecule has 9 aliphatic rings. The highest BCUT2D eigenvalue weighted by Gasteiger charge is 2.57. The second kappa shape index (κ2) is 7.22. The molecule has 0 aromatic carbocycles. The van der Waals surface area contributed by atoms with E-state index >= 15 is 0 Å². The Labute approximate surface area is 195 Å². The van der Waals surface area contributed by atoms with Crippen LogP contribution in [0, 0.1) is 69.5 Å². The summed E-state index contributed by atoms with van der Waals surface area (Å²) >= 11 is 0. The largest absolute Gasteiger partial charge is 0.106 e. The van der Waals surface area contributed by atoms with Gasteiger partial charge >= 0.3 is 0 Å². The van der Waals surface area contributed by atoms with E-state index in [2.05, 4.69) is 41.5 Å². The summed E-state index contributed by atoms with van der Waals surface area (Å²) in [6.07, 6.45) is 19.2. The highest BCUT2D eigenvalue weighted by atomic mass is 31.1. The summed E-state index contributed by atoms with van der Waals surface area (Å²) in [7, 11) is 0.240. The second-order valence-corrected chi connectivity index (χ2v) is 17.7. The average Bonchev–Trinajstić information content (AvgIpc) is 2.73. The topological polar surface area (TPSA) is 0 Å². The van der Waals surface area contributed by atoms with Crippen molar-refractivity contribution in [2.45, 2.75) is 99.3 Å². The maximum atomic E-state index is 2.62. The van der Waals surface area contributed by atoms with E-state index in [0.717, 1.165) is 53.3 Å². The van der Waals surface area contributed by atoms with Crippen LogP contribution in [-0.2, 0) is 0 Å². The maximum Gasteiger partial charge on any atom is -0.0294 e. The first-order valence-electron chi connectivity index (χ1n) is 14.3. The van der Waals surface area contributed by atoms with Crippen LogP contribution in [0.15, 0.2) is 0 Å². The third kappa shape index (κ3) is 3.22. The van der Waals surface area contributed by atoms with Gasteiger partial charge in [0.25, 0.3) is 0 Å². The Hall–Kier alpha value is 0.430. The molecule has 31 heavy (non-hydrogen) atoms. The van der Waals surface area contributed by atoms with Crippen molar-refractivity contribution >= 4 is 7.92 Å². The van der Waals surface area contributed by atoms with Crippen molar-refractivity contribution in [3.05, 3.63) is 0 Å². The maximum absolute atomic E-state index is 2.62. The third-order valence-electron chi connectivity index (χ3n) is 13.5. The lowest BCUT2D eigenvalue weighted by Crippen LogP contribution is -2.54. The standard InChI is InChI=1S/C30H51P/c1-28(2)22-10-7-19(25(28)13-22)16-31(17-20-8-11-23-14-26(20)29(23,3)4)18-21-9-12-24-15-27(21)30(24,5)6/h19-27H,7-18H2,1-6H3. The molecule has 9 unspecified atom stereocenters. The average molecular weight is 443 g/mol. The molecule has 9 aliphatic carbocycles. The molecule has 0 heterocycles.